The number of hydrogen-bond donors (Lipinski definition) is 1. The Labute approximate surface area is 205 Å². The minimum atomic E-state index is -0.668. The second kappa shape index (κ2) is 10.4. The van der Waals surface area contributed by atoms with Crippen LogP contribution in [0.1, 0.15) is 65.3 Å². The highest BCUT2D eigenvalue weighted by Gasteiger charge is 2.32. The molecule has 1 aromatic heterocycles. The van der Waals surface area contributed by atoms with Gasteiger partial charge in [-0.15, -0.1) is 0 Å². The molecule has 2 saturated heterocycles. The van der Waals surface area contributed by atoms with Crippen molar-refractivity contribution >= 4 is 28.8 Å². The molecule has 2 aliphatic rings. The molecule has 0 radical (unpaired) electrons. The van der Waals surface area contributed by atoms with Gasteiger partial charge in [0, 0.05) is 19.4 Å². The molecular weight excluding hydrogens is 448 g/mol. The van der Waals surface area contributed by atoms with E-state index in [0.29, 0.717) is 25.3 Å². The fourth-order valence-electron chi connectivity index (χ4n) is 5.13. The van der Waals surface area contributed by atoms with Crippen molar-refractivity contribution in [2.24, 2.45) is 5.92 Å². The summed E-state index contributed by atoms with van der Waals surface area (Å²) < 4.78 is 8.73. The zero-order valence-electron chi connectivity index (χ0n) is 20.9. The van der Waals surface area contributed by atoms with Gasteiger partial charge in [-0.25, -0.2) is 4.79 Å². The van der Waals surface area contributed by atoms with Crippen LogP contribution in [0.4, 0.5) is 0 Å². The van der Waals surface area contributed by atoms with Crippen molar-refractivity contribution in [1.29, 1.82) is 0 Å². The minimum Gasteiger partial charge on any atom is -0.460 e. The number of carbonyl (C=O) groups is 3. The van der Waals surface area contributed by atoms with Gasteiger partial charge in [0.05, 0.1) is 11.0 Å². The number of hydrogen-bond acceptors (Lipinski definition) is 6. The largest absolute Gasteiger partial charge is 0.460 e. The van der Waals surface area contributed by atoms with Gasteiger partial charge < -0.3 is 9.64 Å². The van der Waals surface area contributed by atoms with Gasteiger partial charge in [-0.3, -0.25) is 28.8 Å². The number of aromatic nitrogens is 2. The van der Waals surface area contributed by atoms with E-state index in [4.69, 9.17) is 4.74 Å². The Morgan fingerprint density at radius 1 is 1.06 bits per heavy atom. The van der Waals surface area contributed by atoms with Gasteiger partial charge in [-0.05, 0) is 84.1 Å². The Kier molecular flexibility index (Phi) is 7.44. The minimum absolute atomic E-state index is 0.154. The number of nitrogens with zero attached hydrogens (tertiary/aromatic N) is 3. The maximum Gasteiger partial charge on any atom is 0.329 e. The number of imide groups is 1. The van der Waals surface area contributed by atoms with Crippen LogP contribution in [-0.4, -0.2) is 57.1 Å². The Hall–Kier alpha value is -2.94. The molecule has 2 aliphatic heterocycles. The first-order valence-electron chi connectivity index (χ1n) is 12.6. The van der Waals surface area contributed by atoms with Gasteiger partial charge in [-0.1, -0.05) is 12.1 Å². The predicted octanol–water partition coefficient (Wildman–Crippen LogP) is 2.61. The maximum atomic E-state index is 13.5. The molecule has 1 unspecified atom stereocenters. The predicted molar refractivity (Wildman–Crippen MR) is 132 cm³/mol. The lowest BCUT2D eigenvalue weighted by Gasteiger charge is -2.32. The Balaban J connectivity index is 1.38. The number of imidazole rings is 1. The van der Waals surface area contributed by atoms with E-state index in [0.717, 1.165) is 49.9 Å². The van der Waals surface area contributed by atoms with Crippen LogP contribution in [0.25, 0.3) is 11.0 Å². The van der Waals surface area contributed by atoms with Crippen LogP contribution in [0.2, 0.25) is 0 Å². The monoisotopic (exact) mass is 484 g/mol. The molecule has 1 atom stereocenters. The van der Waals surface area contributed by atoms with Crippen molar-refractivity contribution in [2.75, 3.05) is 19.6 Å². The summed E-state index contributed by atoms with van der Waals surface area (Å²) in [6, 6.07) is 6.89. The van der Waals surface area contributed by atoms with Gasteiger partial charge in [0.2, 0.25) is 11.8 Å². The fourth-order valence-corrected chi connectivity index (χ4v) is 5.13. The highest BCUT2D eigenvalue weighted by Crippen LogP contribution is 2.25. The van der Waals surface area contributed by atoms with Crippen LogP contribution in [0.5, 0.6) is 0 Å². The highest BCUT2D eigenvalue weighted by molar-refractivity contribution is 6.00. The zero-order valence-corrected chi connectivity index (χ0v) is 20.9. The molecule has 2 aromatic rings. The Morgan fingerprint density at radius 3 is 2.40 bits per heavy atom. The quantitative estimate of drug-likeness (QED) is 0.479. The Bertz CT molecular complexity index is 1150. The summed E-state index contributed by atoms with van der Waals surface area (Å²) in [5, 5.41) is 2.37. The second-order valence-corrected chi connectivity index (χ2v) is 10.7. The third-order valence-electron chi connectivity index (χ3n) is 6.81. The molecule has 1 aromatic carbocycles. The fraction of sp³-hybridized carbons (Fsp3) is 0.615. The molecule has 35 heavy (non-hydrogen) atoms. The molecular formula is C26H36N4O5. The lowest BCUT2D eigenvalue weighted by molar-refractivity contribution is -0.155. The number of likely N-dealkylation sites (tertiary alicyclic amines) is 1. The number of ether oxygens (including phenoxy) is 1. The molecule has 3 heterocycles. The van der Waals surface area contributed by atoms with E-state index in [1.54, 1.807) is 9.13 Å². The smallest absolute Gasteiger partial charge is 0.329 e. The standard InChI is InChI=1S/C26H36N4O5/c1-26(2,3)35-23(32)9-6-14-28-15-12-18(13-16-28)17-29-19-7-4-5-8-20(19)30(25(29)34)21-10-11-22(31)27-24(21)33/h4-5,7-8,18,21H,6,9-17H2,1-3H3,(H,27,31,33). The normalized spacial score (nSPS) is 20.3. The molecule has 0 aliphatic carbocycles. The number of piperidine rings is 2. The van der Waals surface area contributed by atoms with E-state index in [9.17, 15) is 19.2 Å². The van der Waals surface area contributed by atoms with Crippen LogP contribution < -0.4 is 11.0 Å². The van der Waals surface area contributed by atoms with E-state index in [1.807, 2.05) is 45.0 Å². The molecule has 0 bridgehead atoms. The van der Waals surface area contributed by atoms with Crippen molar-refractivity contribution in [3.8, 4) is 0 Å². The number of esters is 1. The number of para-hydroxylation sites is 2. The van der Waals surface area contributed by atoms with E-state index in [2.05, 4.69) is 10.2 Å². The first-order chi connectivity index (χ1) is 16.6. The molecule has 2 amide bonds. The number of rotatable bonds is 7. The molecule has 9 heteroatoms. The molecule has 2 fully saturated rings. The molecule has 0 saturated carbocycles. The maximum absolute atomic E-state index is 13.5. The van der Waals surface area contributed by atoms with Gasteiger partial charge >= 0.3 is 11.7 Å². The van der Waals surface area contributed by atoms with E-state index >= 15 is 0 Å². The van der Waals surface area contributed by atoms with E-state index in [1.165, 1.54) is 0 Å². The summed E-state index contributed by atoms with van der Waals surface area (Å²) in [4.78, 5) is 51.9. The van der Waals surface area contributed by atoms with Crippen LogP contribution in [0.3, 0.4) is 0 Å². The van der Waals surface area contributed by atoms with E-state index < -0.39 is 17.6 Å². The number of fused-ring (bicyclic) bond motifs is 1. The van der Waals surface area contributed by atoms with E-state index in [-0.39, 0.29) is 24.0 Å². The first kappa shape index (κ1) is 25.2. The zero-order chi connectivity index (χ0) is 25.2. The Morgan fingerprint density at radius 2 is 1.74 bits per heavy atom. The average molecular weight is 485 g/mol. The summed E-state index contributed by atoms with van der Waals surface area (Å²) in [5.74, 6) is -0.498. The summed E-state index contributed by atoms with van der Waals surface area (Å²) >= 11 is 0. The summed E-state index contributed by atoms with van der Waals surface area (Å²) in [6.45, 7) is 8.96. The van der Waals surface area contributed by atoms with Crippen molar-refractivity contribution in [3.05, 3.63) is 34.7 Å². The molecule has 9 nitrogen and oxygen atoms in total. The molecule has 0 spiro atoms. The number of nitrogens with one attached hydrogen (secondary N) is 1. The second-order valence-electron chi connectivity index (χ2n) is 10.7. The van der Waals surface area contributed by atoms with Crippen LogP contribution in [-0.2, 0) is 25.7 Å². The van der Waals surface area contributed by atoms with Gasteiger partial charge in [0.1, 0.15) is 11.6 Å². The SMILES string of the molecule is CC(C)(C)OC(=O)CCCN1CCC(Cn2c(=O)n(C3CCC(=O)NC3=O)c3ccccc32)CC1. The van der Waals surface area contributed by atoms with Crippen molar-refractivity contribution in [2.45, 2.75) is 77.5 Å². The summed E-state index contributed by atoms with van der Waals surface area (Å²) in [5.41, 5.74) is 0.906. The third-order valence-corrected chi connectivity index (χ3v) is 6.81. The summed E-state index contributed by atoms with van der Waals surface area (Å²) in [7, 11) is 0. The van der Waals surface area contributed by atoms with Crippen LogP contribution in [0, 0.1) is 5.92 Å². The van der Waals surface area contributed by atoms with Gasteiger partial charge in [-0.2, -0.15) is 0 Å². The average Bonchev–Trinajstić information content (AvgIpc) is 3.05. The van der Waals surface area contributed by atoms with Crippen LogP contribution >= 0.6 is 0 Å². The first-order valence-corrected chi connectivity index (χ1v) is 12.6. The summed E-state index contributed by atoms with van der Waals surface area (Å²) in [6.07, 6.45) is 3.70. The molecule has 1 N–H and O–H groups in total. The molecule has 190 valence electrons. The van der Waals surface area contributed by atoms with Gasteiger partial charge in [0.15, 0.2) is 0 Å². The number of benzene rings is 1. The number of amides is 2. The van der Waals surface area contributed by atoms with Gasteiger partial charge in [0.25, 0.3) is 0 Å². The third kappa shape index (κ3) is 6.01. The number of carbonyl (C=O) groups excluding carboxylic acids is 3. The lowest BCUT2D eigenvalue weighted by atomic mass is 9.96. The lowest BCUT2D eigenvalue weighted by Crippen LogP contribution is -2.44. The van der Waals surface area contributed by atoms with Crippen molar-refractivity contribution < 1.29 is 19.1 Å². The van der Waals surface area contributed by atoms with Crippen molar-refractivity contribution in [3.63, 3.8) is 0 Å². The van der Waals surface area contributed by atoms with Crippen LogP contribution in [0.15, 0.2) is 29.1 Å². The van der Waals surface area contributed by atoms with Crippen molar-refractivity contribution in [1.82, 2.24) is 19.4 Å². The topological polar surface area (TPSA) is 103 Å². The highest BCUT2D eigenvalue weighted by atomic mass is 16.6. The molecule has 4 rings (SSSR count).